The molecule has 1 fully saturated rings. The van der Waals surface area contributed by atoms with Crippen molar-refractivity contribution >= 4 is 15.9 Å². The van der Waals surface area contributed by atoms with Gasteiger partial charge in [-0.05, 0) is 26.2 Å². The van der Waals surface area contributed by atoms with Crippen LogP contribution in [0.4, 0.5) is 0 Å². The molecule has 0 aromatic carbocycles. The molecule has 3 N–H and O–H groups in total. The quantitative estimate of drug-likeness (QED) is 0.705. The maximum atomic E-state index is 12.0. The highest BCUT2D eigenvalue weighted by atomic mass is 32.2. The molecule has 0 radical (unpaired) electrons. The summed E-state index contributed by atoms with van der Waals surface area (Å²) >= 11 is 0. The summed E-state index contributed by atoms with van der Waals surface area (Å²) in [5.41, 5.74) is 5.74. The van der Waals surface area contributed by atoms with E-state index in [0.717, 1.165) is 0 Å². The second-order valence-electron chi connectivity index (χ2n) is 5.47. The number of piperidine rings is 1. The Bertz CT molecular complexity index is 481. The van der Waals surface area contributed by atoms with Gasteiger partial charge in [0, 0.05) is 25.2 Å². The lowest BCUT2D eigenvalue weighted by atomic mass is 10.0. The lowest BCUT2D eigenvalue weighted by molar-refractivity contribution is -0.124. The maximum absolute atomic E-state index is 12.0. The van der Waals surface area contributed by atoms with Crippen LogP contribution in [-0.4, -0.2) is 49.6 Å². The van der Waals surface area contributed by atoms with Gasteiger partial charge in [-0.2, -0.15) is 0 Å². The van der Waals surface area contributed by atoms with E-state index in [1.165, 1.54) is 4.31 Å². The van der Waals surface area contributed by atoms with E-state index in [-0.39, 0.29) is 29.7 Å². The number of carbonyl (C=O) groups excluding carboxylic acids is 1. The smallest absolute Gasteiger partial charge is 0.227 e. The molecule has 2 unspecified atom stereocenters. The van der Waals surface area contributed by atoms with Crippen LogP contribution in [0.25, 0.3) is 0 Å². The average Bonchev–Trinajstić information content (AvgIpc) is 2.86. The lowest BCUT2D eigenvalue weighted by Gasteiger charge is -2.31. The molecule has 0 bridgehead atoms. The molecular weight excluding hydrogens is 278 g/mol. The number of hydrogen-bond acceptors (Lipinski definition) is 4. The number of carbonyl (C=O) groups is 1. The molecule has 2 aliphatic rings. The van der Waals surface area contributed by atoms with E-state index in [4.69, 9.17) is 5.73 Å². The molecular formula is C13H23N3O3S. The maximum Gasteiger partial charge on any atom is 0.227 e. The Morgan fingerprint density at radius 3 is 2.50 bits per heavy atom. The Morgan fingerprint density at radius 1 is 1.35 bits per heavy atom. The van der Waals surface area contributed by atoms with E-state index in [9.17, 15) is 13.2 Å². The summed E-state index contributed by atoms with van der Waals surface area (Å²) in [5, 5.41) is 3.00. The van der Waals surface area contributed by atoms with Gasteiger partial charge in [0.25, 0.3) is 0 Å². The molecule has 1 amide bonds. The van der Waals surface area contributed by atoms with Crippen LogP contribution in [0.3, 0.4) is 0 Å². The van der Waals surface area contributed by atoms with Gasteiger partial charge in [0.15, 0.2) is 0 Å². The second kappa shape index (κ2) is 6.24. The first-order chi connectivity index (χ1) is 9.42. The van der Waals surface area contributed by atoms with Gasteiger partial charge in [0.05, 0.1) is 11.7 Å². The Balaban J connectivity index is 1.80. The molecule has 0 saturated carbocycles. The number of sulfonamides is 1. The molecule has 1 aliphatic heterocycles. The van der Waals surface area contributed by atoms with Crippen molar-refractivity contribution in [3.63, 3.8) is 0 Å². The number of rotatable bonds is 4. The summed E-state index contributed by atoms with van der Waals surface area (Å²) in [7, 11) is -3.10. The summed E-state index contributed by atoms with van der Waals surface area (Å²) in [6.07, 6.45) is 5.73. The normalized spacial score (nSPS) is 28.7. The van der Waals surface area contributed by atoms with Gasteiger partial charge in [0.1, 0.15) is 0 Å². The zero-order valence-electron chi connectivity index (χ0n) is 11.8. The second-order valence-corrected chi connectivity index (χ2v) is 7.73. The summed E-state index contributed by atoms with van der Waals surface area (Å²) in [6.45, 7) is 2.63. The van der Waals surface area contributed by atoms with Crippen LogP contribution >= 0.6 is 0 Å². The van der Waals surface area contributed by atoms with Crippen LogP contribution in [0, 0.1) is 5.92 Å². The molecule has 114 valence electrons. The third-order valence-electron chi connectivity index (χ3n) is 4.01. The van der Waals surface area contributed by atoms with Crippen LogP contribution in [0.15, 0.2) is 12.2 Å². The molecule has 20 heavy (non-hydrogen) atoms. The zero-order chi connectivity index (χ0) is 14.8. The van der Waals surface area contributed by atoms with Crippen molar-refractivity contribution in [3.8, 4) is 0 Å². The monoisotopic (exact) mass is 301 g/mol. The van der Waals surface area contributed by atoms with Gasteiger partial charge in [0.2, 0.25) is 15.9 Å². The summed E-state index contributed by atoms with van der Waals surface area (Å²) in [4.78, 5) is 12.0. The predicted molar refractivity (Wildman–Crippen MR) is 77.4 cm³/mol. The molecule has 1 saturated heterocycles. The minimum absolute atomic E-state index is 0.00555. The first-order valence-corrected chi connectivity index (χ1v) is 8.75. The Hall–Kier alpha value is -0.920. The van der Waals surface area contributed by atoms with Gasteiger partial charge in [-0.3, -0.25) is 4.79 Å². The van der Waals surface area contributed by atoms with Gasteiger partial charge in [-0.1, -0.05) is 12.2 Å². The predicted octanol–water partition coefficient (Wildman–Crippen LogP) is -0.180. The minimum atomic E-state index is -3.10. The third-order valence-corrected chi connectivity index (χ3v) is 5.89. The van der Waals surface area contributed by atoms with E-state index in [1.54, 1.807) is 6.92 Å². The molecule has 2 atom stereocenters. The first kappa shape index (κ1) is 15.5. The standard InChI is InChI=1S/C13H23N3O3S/c1-2-20(18,19)16-7-5-12(6-8-16)15-13(17)10-3-4-11(14)9-10/h3-4,10-12H,2,5-9,14H2,1H3,(H,15,17). The lowest BCUT2D eigenvalue weighted by Crippen LogP contribution is -2.48. The molecule has 7 heteroatoms. The topological polar surface area (TPSA) is 92.5 Å². The molecule has 0 aromatic rings. The van der Waals surface area contributed by atoms with E-state index < -0.39 is 10.0 Å². The van der Waals surface area contributed by atoms with Crippen molar-refractivity contribution in [2.24, 2.45) is 11.7 Å². The molecule has 1 heterocycles. The van der Waals surface area contributed by atoms with Crippen molar-refractivity contribution in [1.82, 2.24) is 9.62 Å². The van der Waals surface area contributed by atoms with Crippen LogP contribution < -0.4 is 11.1 Å². The SMILES string of the molecule is CCS(=O)(=O)N1CCC(NC(=O)C2C=CC(N)C2)CC1. The number of amides is 1. The summed E-state index contributed by atoms with van der Waals surface area (Å²) in [5.74, 6) is 0.00260. The van der Waals surface area contributed by atoms with Crippen LogP contribution in [0.2, 0.25) is 0 Å². The van der Waals surface area contributed by atoms with Crippen LogP contribution in [-0.2, 0) is 14.8 Å². The van der Waals surface area contributed by atoms with Crippen molar-refractivity contribution in [2.45, 2.75) is 38.3 Å². The third kappa shape index (κ3) is 3.59. The number of nitrogens with zero attached hydrogens (tertiary/aromatic N) is 1. The van der Waals surface area contributed by atoms with Gasteiger partial charge in [-0.15, -0.1) is 0 Å². The fourth-order valence-corrected chi connectivity index (χ4v) is 3.82. The molecule has 2 rings (SSSR count). The highest BCUT2D eigenvalue weighted by Gasteiger charge is 2.29. The van der Waals surface area contributed by atoms with Crippen LogP contribution in [0.5, 0.6) is 0 Å². The first-order valence-electron chi connectivity index (χ1n) is 7.14. The van der Waals surface area contributed by atoms with Gasteiger partial charge < -0.3 is 11.1 Å². The van der Waals surface area contributed by atoms with Crippen molar-refractivity contribution in [3.05, 3.63) is 12.2 Å². The Kier molecular flexibility index (Phi) is 4.82. The molecule has 1 aliphatic carbocycles. The van der Waals surface area contributed by atoms with Gasteiger partial charge in [-0.25, -0.2) is 12.7 Å². The molecule has 6 nitrogen and oxygen atoms in total. The van der Waals surface area contributed by atoms with E-state index in [0.29, 0.717) is 32.4 Å². The van der Waals surface area contributed by atoms with Crippen LogP contribution in [0.1, 0.15) is 26.2 Å². The van der Waals surface area contributed by atoms with Gasteiger partial charge >= 0.3 is 0 Å². The fraction of sp³-hybridized carbons (Fsp3) is 0.769. The average molecular weight is 301 g/mol. The van der Waals surface area contributed by atoms with Crippen molar-refractivity contribution in [2.75, 3.05) is 18.8 Å². The number of nitrogens with one attached hydrogen (secondary N) is 1. The highest BCUT2D eigenvalue weighted by Crippen LogP contribution is 2.19. The molecule has 0 aromatic heterocycles. The Morgan fingerprint density at radius 2 is 2.00 bits per heavy atom. The zero-order valence-corrected chi connectivity index (χ0v) is 12.6. The number of nitrogens with two attached hydrogens (primary N) is 1. The van der Waals surface area contributed by atoms with E-state index in [1.807, 2.05) is 12.2 Å². The number of hydrogen-bond donors (Lipinski definition) is 2. The van der Waals surface area contributed by atoms with E-state index >= 15 is 0 Å². The minimum Gasteiger partial charge on any atom is -0.353 e. The largest absolute Gasteiger partial charge is 0.353 e. The Labute approximate surface area is 120 Å². The molecule has 0 spiro atoms. The fourth-order valence-electron chi connectivity index (χ4n) is 2.69. The highest BCUT2D eigenvalue weighted by molar-refractivity contribution is 7.89. The summed E-state index contributed by atoms with van der Waals surface area (Å²) in [6, 6.07) is 0.0401. The summed E-state index contributed by atoms with van der Waals surface area (Å²) < 4.78 is 25.0. The van der Waals surface area contributed by atoms with Crippen molar-refractivity contribution in [1.29, 1.82) is 0 Å². The van der Waals surface area contributed by atoms with Crippen molar-refractivity contribution < 1.29 is 13.2 Å². The van der Waals surface area contributed by atoms with E-state index in [2.05, 4.69) is 5.32 Å².